The van der Waals surface area contributed by atoms with Crippen molar-refractivity contribution in [3.63, 3.8) is 0 Å². The Morgan fingerprint density at radius 2 is 1.44 bits per heavy atom. The van der Waals surface area contributed by atoms with Crippen LogP contribution in [-0.2, 0) is 9.53 Å². The van der Waals surface area contributed by atoms with Gasteiger partial charge in [-0.2, -0.15) is 0 Å². The minimum absolute atomic E-state index is 0.0978. The fourth-order valence-electron chi connectivity index (χ4n) is 8.74. The fourth-order valence-corrected chi connectivity index (χ4v) is 8.74. The van der Waals surface area contributed by atoms with Gasteiger partial charge in [-0.05, 0) is 105 Å². The van der Waals surface area contributed by atoms with Crippen LogP contribution >= 0.6 is 0 Å². The van der Waals surface area contributed by atoms with Crippen LogP contribution in [0.2, 0.25) is 0 Å². The summed E-state index contributed by atoms with van der Waals surface area (Å²) in [6.07, 6.45) is 16.3. The Hall–Kier alpha value is -0.790. The molecule has 4 atom stereocenters. The molecule has 4 unspecified atom stereocenters. The maximum atomic E-state index is 13.2. The standard InChI is InChI=1S/C23H32O2/c1-2-23(18-6-13-5-14(8-18)9-19(23)7-13)25-22(24)17-11-20-15-3-4-16(10-15)21(20)12-17/h3-4,13-21H,2,5-12H2,1H3. The molecule has 2 nitrogen and oxygen atoms in total. The van der Waals surface area contributed by atoms with E-state index in [1.807, 2.05) is 0 Å². The molecule has 0 saturated heterocycles. The van der Waals surface area contributed by atoms with E-state index in [2.05, 4.69) is 19.1 Å². The summed E-state index contributed by atoms with van der Waals surface area (Å²) in [4.78, 5) is 13.2. The van der Waals surface area contributed by atoms with Gasteiger partial charge in [-0.3, -0.25) is 4.79 Å². The van der Waals surface area contributed by atoms with Crippen molar-refractivity contribution in [3.05, 3.63) is 12.2 Å². The van der Waals surface area contributed by atoms with Crippen molar-refractivity contribution >= 4 is 5.97 Å². The molecule has 0 N–H and O–H groups in total. The zero-order valence-corrected chi connectivity index (χ0v) is 15.5. The molecule has 0 aromatic heterocycles. The van der Waals surface area contributed by atoms with E-state index in [0.29, 0.717) is 11.8 Å². The summed E-state index contributed by atoms with van der Waals surface area (Å²) in [7, 11) is 0. The first kappa shape index (κ1) is 15.3. The van der Waals surface area contributed by atoms with Crippen LogP contribution in [0.15, 0.2) is 12.2 Å². The summed E-state index contributed by atoms with van der Waals surface area (Å²) in [5.41, 5.74) is -0.0978. The smallest absolute Gasteiger partial charge is 0.309 e. The molecule has 136 valence electrons. The van der Waals surface area contributed by atoms with Gasteiger partial charge in [-0.25, -0.2) is 0 Å². The maximum Gasteiger partial charge on any atom is 0.309 e. The van der Waals surface area contributed by atoms with E-state index in [-0.39, 0.29) is 17.5 Å². The summed E-state index contributed by atoms with van der Waals surface area (Å²) in [6.45, 7) is 2.28. The van der Waals surface area contributed by atoms with Crippen LogP contribution < -0.4 is 0 Å². The van der Waals surface area contributed by atoms with Crippen molar-refractivity contribution < 1.29 is 9.53 Å². The van der Waals surface area contributed by atoms with Gasteiger partial charge in [0.2, 0.25) is 0 Å². The molecule has 0 aliphatic heterocycles. The van der Waals surface area contributed by atoms with Crippen molar-refractivity contribution in [2.24, 2.45) is 53.3 Å². The lowest BCUT2D eigenvalue weighted by atomic mass is 9.49. The number of rotatable bonds is 3. The Labute approximate surface area is 151 Å². The number of ether oxygens (including phenoxy) is 1. The molecule has 0 aromatic carbocycles. The number of carbonyl (C=O) groups excluding carboxylic acids is 1. The van der Waals surface area contributed by atoms with E-state index in [1.165, 1.54) is 38.5 Å². The Bertz CT molecular complexity index is 572. The highest BCUT2D eigenvalue weighted by Crippen LogP contribution is 2.62. The lowest BCUT2D eigenvalue weighted by Gasteiger charge is -2.60. The minimum atomic E-state index is -0.0978. The molecule has 7 aliphatic carbocycles. The van der Waals surface area contributed by atoms with Crippen LogP contribution in [0, 0.1) is 53.3 Å². The van der Waals surface area contributed by atoms with E-state index >= 15 is 0 Å². The molecule has 2 heteroatoms. The zero-order chi connectivity index (χ0) is 16.8. The second-order valence-corrected chi connectivity index (χ2v) is 10.5. The molecule has 0 amide bonds. The van der Waals surface area contributed by atoms with Crippen LogP contribution in [0.1, 0.15) is 64.7 Å². The number of carbonyl (C=O) groups is 1. The molecular weight excluding hydrogens is 308 g/mol. The summed E-state index contributed by atoms with van der Waals surface area (Å²) in [5.74, 6) is 6.69. The fraction of sp³-hybridized carbons (Fsp3) is 0.870. The SMILES string of the molecule is CCC1(OC(=O)C2CC3C4C=CC(C4)C3C2)C2CC3CC(C2)CC1C3. The van der Waals surface area contributed by atoms with E-state index in [0.717, 1.165) is 54.8 Å². The van der Waals surface area contributed by atoms with Gasteiger partial charge >= 0.3 is 5.97 Å². The Morgan fingerprint density at radius 1 is 0.880 bits per heavy atom. The summed E-state index contributed by atoms with van der Waals surface area (Å²) < 4.78 is 6.54. The van der Waals surface area contributed by atoms with Gasteiger partial charge in [-0.1, -0.05) is 19.1 Å². The topological polar surface area (TPSA) is 26.3 Å². The molecule has 6 bridgehead atoms. The summed E-state index contributed by atoms with van der Waals surface area (Å²) in [5, 5.41) is 0. The highest BCUT2D eigenvalue weighted by Gasteiger charge is 2.59. The molecule has 7 aliphatic rings. The lowest BCUT2D eigenvalue weighted by Crippen LogP contribution is -2.59. The largest absolute Gasteiger partial charge is 0.458 e. The van der Waals surface area contributed by atoms with Gasteiger partial charge in [0.1, 0.15) is 5.60 Å². The van der Waals surface area contributed by atoms with Gasteiger partial charge in [0.15, 0.2) is 0 Å². The van der Waals surface area contributed by atoms with Crippen LogP contribution in [0.5, 0.6) is 0 Å². The van der Waals surface area contributed by atoms with Gasteiger partial charge in [0.05, 0.1) is 5.92 Å². The number of fused-ring (bicyclic) bond motifs is 5. The summed E-state index contributed by atoms with van der Waals surface area (Å²) in [6, 6.07) is 0. The van der Waals surface area contributed by atoms with Gasteiger partial charge in [0, 0.05) is 0 Å². The Balaban J connectivity index is 1.20. The third-order valence-corrected chi connectivity index (χ3v) is 9.61. The Kier molecular flexibility index (Phi) is 3.14. The van der Waals surface area contributed by atoms with E-state index < -0.39 is 0 Å². The van der Waals surface area contributed by atoms with Crippen molar-refractivity contribution in [1.29, 1.82) is 0 Å². The second kappa shape index (κ2) is 5.14. The lowest BCUT2D eigenvalue weighted by molar-refractivity contribution is -0.214. The number of hydrogen-bond acceptors (Lipinski definition) is 2. The molecule has 0 aromatic rings. The predicted molar refractivity (Wildman–Crippen MR) is 96.6 cm³/mol. The molecular formula is C23H32O2. The highest BCUT2D eigenvalue weighted by molar-refractivity contribution is 5.73. The molecule has 25 heavy (non-hydrogen) atoms. The van der Waals surface area contributed by atoms with Gasteiger partial charge < -0.3 is 4.74 Å². The average Bonchev–Trinajstić information content (AvgIpc) is 3.29. The monoisotopic (exact) mass is 340 g/mol. The van der Waals surface area contributed by atoms with Crippen molar-refractivity contribution in [3.8, 4) is 0 Å². The zero-order valence-electron chi connectivity index (χ0n) is 15.5. The quantitative estimate of drug-likeness (QED) is 0.535. The van der Waals surface area contributed by atoms with Gasteiger partial charge in [0.25, 0.3) is 0 Å². The Morgan fingerprint density at radius 3 is 1.96 bits per heavy atom. The molecule has 7 rings (SSSR count). The van der Waals surface area contributed by atoms with Crippen molar-refractivity contribution in [2.75, 3.05) is 0 Å². The van der Waals surface area contributed by atoms with E-state index in [4.69, 9.17) is 4.74 Å². The van der Waals surface area contributed by atoms with Crippen molar-refractivity contribution in [1.82, 2.24) is 0 Å². The first-order chi connectivity index (χ1) is 12.2. The van der Waals surface area contributed by atoms with Crippen LogP contribution in [0.3, 0.4) is 0 Å². The van der Waals surface area contributed by atoms with Crippen molar-refractivity contribution in [2.45, 2.75) is 70.3 Å². The summed E-state index contributed by atoms with van der Waals surface area (Å²) >= 11 is 0. The number of hydrogen-bond donors (Lipinski definition) is 0. The third kappa shape index (κ3) is 2.00. The first-order valence-corrected chi connectivity index (χ1v) is 11.1. The molecule has 6 fully saturated rings. The van der Waals surface area contributed by atoms with Gasteiger partial charge in [-0.15, -0.1) is 0 Å². The van der Waals surface area contributed by atoms with Crippen LogP contribution in [-0.4, -0.2) is 11.6 Å². The predicted octanol–water partition coefficient (Wildman–Crippen LogP) is 4.98. The first-order valence-electron chi connectivity index (χ1n) is 11.1. The number of esters is 1. The molecule has 0 heterocycles. The normalized spacial score (nSPS) is 57.2. The molecule has 6 saturated carbocycles. The average molecular weight is 341 g/mol. The second-order valence-electron chi connectivity index (χ2n) is 10.5. The van der Waals surface area contributed by atoms with E-state index in [1.54, 1.807) is 0 Å². The third-order valence-electron chi connectivity index (χ3n) is 9.61. The minimum Gasteiger partial charge on any atom is -0.458 e. The number of allylic oxidation sites excluding steroid dienone is 2. The van der Waals surface area contributed by atoms with Crippen LogP contribution in [0.25, 0.3) is 0 Å². The van der Waals surface area contributed by atoms with E-state index in [9.17, 15) is 4.79 Å². The molecule has 0 radical (unpaired) electrons. The maximum absolute atomic E-state index is 13.2. The highest BCUT2D eigenvalue weighted by atomic mass is 16.6. The molecule has 0 spiro atoms. The van der Waals surface area contributed by atoms with Crippen LogP contribution in [0.4, 0.5) is 0 Å².